The fourth-order valence-electron chi connectivity index (χ4n) is 8.79. The van der Waals surface area contributed by atoms with Crippen LogP contribution >= 0.6 is 0 Å². The van der Waals surface area contributed by atoms with Crippen molar-refractivity contribution in [1.82, 2.24) is 15.0 Å². The molecule has 264 valence electrons. The van der Waals surface area contributed by atoms with Gasteiger partial charge < -0.3 is 4.42 Å². The molecule has 0 bridgehead atoms. The Labute approximate surface area is 328 Å². The molecule has 1 aliphatic rings. The Morgan fingerprint density at radius 1 is 0.298 bits per heavy atom. The topological polar surface area (TPSA) is 51.8 Å². The first-order valence-electron chi connectivity index (χ1n) is 19.3. The zero-order chi connectivity index (χ0) is 37.5. The predicted octanol–water partition coefficient (Wildman–Crippen LogP) is 14.1. The van der Waals surface area contributed by atoms with Crippen molar-refractivity contribution in [2.75, 3.05) is 0 Å². The minimum absolute atomic E-state index is 0.596. The van der Waals surface area contributed by atoms with Gasteiger partial charge in [0.05, 0.1) is 0 Å². The monoisotopic (exact) mass is 725 g/mol. The Kier molecular flexibility index (Phi) is 6.89. The molecule has 11 aromatic rings. The van der Waals surface area contributed by atoms with Crippen LogP contribution < -0.4 is 0 Å². The van der Waals surface area contributed by atoms with Gasteiger partial charge in [0.25, 0.3) is 0 Å². The van der Waals surface area contributed by atoms with E-state index >= 15 is 0 Å². The molecule has 0 aliphatic heterocycles. The van der Waals surface area contributed by atoms with Gasteiger partial charge in [-0.2, -0.15) is 0 Å². The fraction of sp³-hybridized carbons (Fsp3) is 0. The summed E-state index contributed by atoms with van der Waals surface area (Å²) < 4.78 is 6.62. The van der Waals surface area contributed by atoms with Gasteiger partial charge in [-0.25, -0.2) is 15.0 Å². The summed E-state index contributed by atoms with van der Waals surface area (Å²) in [6.07, 6.45) is 0. The van der Waals surface area contributed by atoms with E-state index < -0.39 is 0 Å². The van der Waals surface area contributed by atoms with Crippen molar-refractivity contribution in [3.8, 4) is 78.7 Å². The number of nitrogens with zero attached hydrogens (tertiary/aromatic N) is 3. The summed E-state index contributed by atoms with van der Waals surface area (Å²) in [5.41, 5.74) is 13.7. The summed E-state index contributed by atoms with van der Waals surface area (Å²) in [4.78, 5) is 15.9. The van der Waals surface area contributed by atoms with E-state index in [4.69, 9.17) is 19.4 Å². The average Bonchev–Trinajstić information content (AvgIpc) is 3.83. The summed E-state index contributed by atoms with van der Waals surface area (Å²) in [5.74, 6) is 1.84. The Morgan fingerprint density at radius 3 is 1.74 bits per heavy atom. The second kappa shape index (κ2) is 12.4. The van der Waals surface area contributed by atoms with E-state index in [-0.39, 0.29) is 0 Å². The van der Waals surface area contributed by atoms with Crippen LogP contribution in [0.1, 0.15) is 0 Å². The van der Waals surface area contributed by atoms with Crippen LogP contribution in [0.15, 0.2) is 192 Å². The van der Waals surface area contributed by atoms with Crippen LogP contribution in [0.3, 0.4) is 0 Å². The van der Waals surface area contributed by atoms with Gasteiger partial charge in [-0.1, -0.05) is 152 Å². The summed E-state index contributed by atoms with van der Waals surface area (Å²) >= 11 is 0. The lowest BCUT2D eigenvalue weighted by atomic mass is 9.92. The molecule has 0 N–H and O–H groups in total. The van der Waals surface area contributed by atoms with Crippen molar-refractivity contribution < 1.29 is 4.42 Å². The molecule has 57 heavy (non-hydrogen) atoms. The van der Waals surface area contributed by atoms with Crippen molar-refractivity contribution in [1.29, 1.82) is 0 Å². The van der Waals surface area contributed by atoms with Gasteiger partial charge in [0.1, 0.15) is 11.2 Å². The normalized spacial score (nSPS) is 11.9. The van der Waals surface area contributed by atoms with Crippen LogP contribution in [0.5, 0.6) is 0 Å². The third-order valence-electron chi connectivity index (χ3n) is 11.4. The van der Waals surface area contributed by atoms with Gasteiger partial charge in [-0.15, -0.1) is 0 Å². The number of aromatic nitrogens is 3. The molecular weight excluding hydrogens is 695 g/mol. The number of furan rings is 1. The second-order valence-electron chi connectivity index (χ2n) is 14.7. The van der Waals surface area contributed by atoms with Crippen LogP contribution in [-0.2, 0) is 0 Å². The van der Waals surface area contributed by atoms with Gasteiger partial charge in [-0.05, 0) is 96.9 Å². The Bertz CT molecular complexity index is 3400. The maximum atomic E-state index is 6.62. The first-order valence-corrected chi connectivity index (χ1v) is 19.3. The maximum absolute atomic E-state index is 6.62. The third kappa shape index (κ3) is 5.04. The molecule has 0 radical (unpaired) electrons. The van der Waals surface area contributed by atoms with Crippen molar-refractivity contribution in [2.45, 2.75) is 0 Å². The first kappa shape index (κ1) is 31.6. The molecule has 12 rings (SSSR count). The highest BCUT2D eigenvalue weighted by Gasteiger charge is 2.28. The zero-order valence-electron chi connectivity index (χ0n) is 30.6. The molecule has 9 aromatic carbocycles. The van der Waals surface area contributed by atoms with Crippen LogP contribution in [0.2, 0.25) is 0 Å². The molecular formula is C53H31N3O. The molecule has 4 nitrogen and oxygen atoms in total. The van der Waals surface area contributed by atoms with E-state index in [1.165, 1.54) is 38.2 Å². The largest absolute Gasteiger partial charge is 0.456 e. The molecule has 0 atom stereocenters. The number of rotatable bonds is 5. The zero-order valence-corrected chi connectivity index (χ0v) is 30.6. The van der Waals surface area contributed by atoms with Gasteiger partial charge in [0.15, 0.2) is 17.5 Å². The lowest BCUT2D eigenvalue weighted by molar-refractivity contribution is 0.669. The summed E-state index contributed by atoms with van der Waals surface area (Å²) in [6, 6.07) is 66.2. The van der Waals surface area contributed by atoms with Crippen molar-refractivity contribution in [2.24, 2.45) is 0 Å². The smallest absolute Gasteiger partial charge is 0.164 e. The van der Waals surface area contributed by atoms with Crippen LogP contribution in [-0.4, -0.2) is 15.0 Å². The lowest BCUT2D eigenvalue weighted by Gasteiger charge is -2.15. The number of fused-ring (bicyclic) bond motifs is 7. The maximum Gasteiger partial charge on any atom is 0.164 e. The van der Waals surface area contributed by atoms with Crippen molar-refractivity contribution >= 4 is 43.5 Å². The van der Waals surface area contributed by atoms with Gasteiger partial charge in [0.2, 0.25) is 0 Å². The fourth-order valence-corrected chi connectivity index (χ4v) is 8.79. The number of hydrogen-bond donors (Lipinski definition) is 0. The highest BCUT2D eigenvalue weighted by atomic mass is 16.3. The molecule has 0 unspecified atom stereocenters. The highest BCUT2D eigenvalue weighted by molar-refractivity contribution is 6.19. The minimum atomic E-state index is 0.596. The highest BCUT2D eigenvalue weighted by Crippen LogP contribution is 2.52. The third-order valence-corrected chi connectivity index (χ3v) is 11.4. The summed E-state index contributed by atoms with van der Waals surface area (Å²) in [7, 11) is 0. The minimum Gasteiger partial charge on any atom is -0.456 e. The Hall–Kier alpha value is -7.69. The van der Waals surface area contributed by atoms with Gasteiger partial charge in [0, 0.05) is 33.0 Å². The van der Waals surface area contributed by atoms with Crippen LogP contribution in [0.25, 0.3) is 122 Å². The lowest BCUT2D eigenvalue weighted by Crippen LogP contribution is -2.01. The molecule has 0 saturated heterocycles. The first-order chi connectivity index (χ1) is 28.2. The molecule has 4 heteroatoms. The predicted molar refractivity (Wildman–Crippen MR) is 234 cm³/mol. The average molecular weight is 726 g/mol. The Morgan fingerprint density at radius 2 is 0.912 bits per heavy atom. The SMILES string of the molecule is c1ccc(-c2cc(-c3nc(-c4ccccc4)nc(-c4cccc5oc6cc(-c7ccc8ccccc8c7)ccc6c45)n3)c3c(c2)-c2cccc4cccc-3c24)cc1. The van der Waals surface area contributed by atoms with E-state index in [2.05, 4.69) is 158 Å². The van der Waals surface area contributed by atoms with Gasteiger partial charge >= 0.3 is 0 Å². The molecule has 0 spiro atoms. The Balaban J connectivity index is 1.09. The van der Waals surface area contributed by atoms with Crippen LogP contribution in [0, 0.1) is 0 Å². The van der Waals surface area contributed by atoms with Gasteiger partial charge in [-0.3, -0.25) is 0 Å². The number of hydrogen-bond acceptors (Lipinski definition) is 4. The summed E-state index contributed by atoms with van der Waals surface area (Å²) in [5, 5.41) is 6.91. The van der Waals surface area contributed by atoms with E-state index in [0.717, 1.165) is 66.4 Å². The molecule has 0 fully saturated rings. The van der Waals surface area contributed by atoms with E-state index in [0.29, 0.717) is 17.5 Å². The standard InChI is InChI=1S/C53H31N3O/c1-3-12-32(13-4-1)39-29-44-40-20-9-18-34-19-10-21-42(48(34)40)49(44)45(30-39)53-55-51(35-15-5-2-6-16-35)54-52(56-53)43-22-11-23-46-50(43)41-27-26-38(31-47(41)57-46)37-25-24-33-14-7-8-17-36(33)28-37/h1-31H. The molecule has 1 aliphatic carbocycles. The quantitative estimate of drug-likeness (QED) is 0.177. The molecule has 2 aromatic heterocycles. The molecule has 2 heterocycles. The van der Waals surface area contributed by atoms with E-state index in [1.54, 1.807) is 0 Å². The van der Waals surface area contributed by atoms with Crippen molar-refractivity contribution in [3.05, 3.63) is 188 Å². The second-order valence-corrected chi connectivity index (χ2v) is 14.7. The summed E-state index contributed by atoms with van der Waals surface area (Å²) in [6.45, 7) is 0. The number of benzene rings is 9. The van der Waals surface area contributed by atoms with E-state index in [9.17, 15) is 0 Å². The molecule has 0 amide bonds. The van der Waals surface area contributed by atoms with E-state index in [1.807, 2.05) is 30.3 Å². The van der Waals surface area contributed by atoms with Crippen molar-refractivity contribution in [3.63, 3.8) is 0 Å². The molecule has 0 saturated carbocycles. The van der Waals surface area contributed by atoms with Crippen LogP contribution in [0.4, 0.5) is 0 Å².